The Hall–Kier alpha value is -2.60. The highest BCUT2D eigenvalue weighted by molar-refractivity contribution is 7.99. The number of imide groups is 1. The first-order valence-corrected chi connectivity index (χ1v) is 10.4. The zero-order valence-corrected chi connectivity index (χ0v) is 18.1. The Labute approximate surface area is 176 Å². The highest BCUT2D eigenvalue weighted by Gasteiger charge is 2.16. The number of hydrogen-bond acceptors (Lipinski definition) is 5. The summed E-state index contributed by atoms with van der Waals surface area (Å²) in [6, 6.07) is 15.1. The number of amides is 2. The molecule has 0 aliphatic carbocycles. The molecule has 2 aromatic carbocycles. The van der Waals surface area contributed by atoms with Gasteiger partial charge < -0.3 is 4.74 Å². The fraction of sp³-hybridized carbons (Fsp3) is 0.348. The van der Waals surface area contributed by atoms with Crippen molar-refractivity contribution in [2.75, 3.05) is 12.4 Å². The van der Waals surface area contributed by atoms with Crippen molar-refractivity contribution in [3.8, 4) is 0 Å². The van der Waals surface area contributed by atoms with Gasteiger partial charge in [0.05, 0.1) is 6.42 Å². The van der Waals surface area contributed by atoms with Crippen LogP contribution >= 0.6 is 11.8 Å². The normalized spacial score (nSPS) is 11.0. The summed E-state index contributed by atoms with van der Waals surface area (Å²) in [7, 11) is 0. The van der Waals surface area contributed by atoms with E-state index in [1.54, 1.807) is 23.9 Å². The van der Waals surface area contributed by atoms with E-state index < -0.39 is 24.4 Å². The van der Waals surface area contributed by atoms with Crippen LogP contribution in [0.25, 0.3) is 0 Å². The molecule has 5 nitrogen and oxygen atoms in total. The molecule has 0 radical (unpaired) electrons. The molecule has 0 atom stereocenters. The van der Waals surface area contributed by atoms with Crippen molar-refractivity contribution in [3.63, 3.8) is 0 Å². The third-order valence-electron chi connectivity index (χ3n) is 4.23. The van der Waals surface area contributed by atoms with Gasteiger partial charge in [-0.2, -0.15) is 0 Å². The lowest BCUT2D eigenvalue weighted by Gasteiger charge is -2.18. The molecule has 154 valence electrons. The predicted molar refractivity (Wildman–Crippen MR) is 115 cm³/mol. The van der Waals surface area contributed by atoms with Crippen LogP contribution in [0, 0.1) is 6.92 Å². The number of thioether (sulfide) groups is 1. The Morgan fingerprint density at radius 1 is 0.966 bits per heavy atom. The van der Waals surface area contributed by atoms with Gasteiger partial charge in [0.1, 0.15) is 0 Å². The smallest absolute Gasteiger partial charge is 0.307 e. The molecular weight excluding hydrogens is 386 g/mol. The molecule has 0 aliphatic heterocycles. The van der Waals surface area contributed by atoms with E-state index in [0.717, 1.165) is 10.5 Å². The Morgan fingerprint density at radius 2 is 1.59 bits per heavy atom. The Morgan fingerprint density at radius 3 is 2.17 bits per heavy atom. The molecule has 0 bridgehead atoms. The molecule has 0 aliphatic rings. The zero-order chi connectivity index (χ0) is 21.4. The second kappa shape index (κ2) is 10.3. The summed E-state index contributed by atoms with van der Waals surface area (Å²) in [6.45, 7) is 7.79. The first-order valence-electron chi connectivity index (χ1n) is 9.45. The van der Waals surface area contributed by atoms with Crippen LogP contribution in [0.1, 0.15) is 48.7 Å². The third-order valence-corrected chi connectivity index (χ3v) is 5.24. The summed E-state index contributed by atoms with van der Waals surface area (Å²) < 4.78 is 4.94. The van der Waals surface area contributed by atoms with E-state index >= 15 is 0 Å². The number of rotatable bonds is 7. The van der Waals surface area contributed by atoms with Gasteiger partial charge in [0.2, 0.25) is 0 Å². The molecule has 0 aromatic heterocycles. The van der Waals surface area contributed by atoms with E-state index in [1.807, 2.05) is 43.3 Å². The lowest BCUT2D eigenvalue weighted by Crippen LogP contribution is -2.34. The minimum atomic E-state index is -0.644. The van der Waals surface area contributed by atoms with Gasteiger partial charge in [-0.25, -0.2) is 0 Å². The minimum absolute atomic E-state index is 0.0171. The third kappa shape index (κ3) is 7.74. The Balaban J connectivity index is 1.70. The fourth-order valence-electron chi connectivity index (χ4n) is 2.46. The molecular formula is C23H27NO4S. The van der Waals surface area contributed by atoms with Crippen LogP contribution in [0.3, 0.4) is 0 Å². The van der Waals surface area contributed by atoms with Crippen molar-refractivity contribution in [2.24, 2.45) is 0 Å². The SMILES string of the molecule is Cc1ccc(SCCC(=O)OCC(=O)NC(=O)c2ccc(C(C)(C)C)cc2)cc1. The number of carbonyl (C=O) groups is 3. The van der Waals surface area contributed by atoms with Gasteiger partial charge in [0, 0.05) is 16.2 Å². The number of hydrogen-bond donors (Lipinski definition) is 1. The van der Waals surface area contributed by atoms with Crippen LogP contribution in [-0.2, 0) is 19.7 Å². The molecule has 2 aromatic rings. The first-order chi connectivity index (χ1) is 13.6. The summed E-state index contributed by atoms with van der Waals surface area (Å²) in [5.74, 6) is -1.07. The second-order valence-electron chi connectivity index (χ2n) is 7.78. The van der Waals surface area contributed by atoms with Crippen molar-refractivity contribution in [1.82, 2.24) is 5.32 Å². The number of esters is 1. The number of benzene rings is 2. The van der Waals surface area contributed by atoms with Crippen LogP contribution in [-0.4, -0.2) is 30.1 Å². The van der Waals surface area contributed by atoms with Gasteiger partial charge in [-0.1, -0.05) is 50.6 Å². The molecule has 0 spiro atoms. The van der Waals surface area contributed by atoms with E-state index in [9.17, 15) is 14.4 Å². The largest absolute Gasteiger partial charge is 0.456 e. The van der Waals surface area contributed by atoms with E-state index in [2.05, 4.69) is 26.1 Å². The number of nitrogens with one attached hydrogen (secondary N) is 1. The molecule has 2 rings (SSSR count). The van der Waals surface area contributed by atoms with Crippen molar-refractivity contribution < 1.29 is 19.1 Å². The molecule has 0 saturated carbocycles. The summed E-state index contributed by atoms with van der Waals surface area (Å²) in [5, 5.41) is 2.24. The zero-order valence-electron chi connectivity index (χ0n) is 17.3. The summed E-state index contributed by atoms with van der Waals surface area (Å²) in [6.07, 6.45) is 0.189. The lowest BCUT2D eigenvalue weighted by atomic mass is 9.87. The van der Waals surface area contributed by atoms with Crippen molar-refractivity contribution >= 4 is 29.5 Å². The Bertz CT molecular complexity index is 852. The van der Waals surface area contributed by atoms with Crippen LogP contribution in [0.2, 0.25) is 0 Å². The van der Waals surface area contributed by atoms with Crippen molar-refractivity contribution in [3.05, 3.63) is 65.2 Å². The van der Waals surface area contributed by atoms with E-state index in [1.165, 1.54) is 5.56 Å². The van der Waals surface area contributed by atoms with Crippen LogP contribution < -0.4 is 5.32 Å². The highest BCUT2D eigenvalue weighted by Crippen LogP contribution is 2.22. The van der Waals surface area contributed by atoms with Gasteiger partial charge in [-0.3, -0.25) is 19.7 Å². The molecule has 29 heavy (non-hydrogen) atoms. The number of aryl methyl sites for hydroxylation is 1. The standard InChI is InChI=1S/C23H27NO4S/c1-16-5-11-19(12-6-16)29-14-13-21(26)28-15-20(25)24-22(27)17-7-9-18(10-8-17)23(2,3)4/h5-12H,13-15H2,1-4H3,(H,24,25,27). The van der Waals surface area contributed by atoms with E-state index in [0.29, 0.717) is 11.3 Å². The maximum Gasteiger partial charge on any atom is 0.307 e. The van der Waals surface area contributed by atoms with Crippen LogP contribution in [0.15, 0.2) is 53.4 Å². The summed E-state index contributed by atoms with van der Waals surface area (Å²) in [5.41, 5.74) is 2.64. The van der Waals surface area contributed by atoms with Crippen molar-refractivity contribution in [1.29, 1.82) is 0 Å². The van der Waals surface area contributed by atoms with Gasteiger partial charge in [-0.15, -0.1) is 11.8 Å². The molecule has 0 unspecified atom stereocenters. The average molecular weight is 414 g/mol. The quantitative estimate of drug-likeness (QED) is 0.542. The molecule has 2 amide bonds. The van der Waals surface area contributed by atoms with Crippen LogP contribution in [0.4, 0.5) is 0 Å². The first kappa shape index (κ1) is 22.7. The summed E-state index contributed by atoms with van der Waals surface area (Å²) in [4.78, 5) is 36.9. The van der Waals surface area contributed by atoms with Crippen LogP contribution in [0.5, 0.6) is 0 Å². The second-order valence-corrected chi connectivity index (χ2v) is 8.95. The van der Waals surface area contributed by atoms with E-state index in [4.69, 9.17) is 4.74 Å². The molecule has 0 fully saturated rings. The number of ether oxygens (including phenoxy) is 1. The molecule has 6 heteroatoms. The maximum atomic E-state index is 12.1. The molecule has 0 heterocycles. The van der Waals surface area contributed by atoms with Gasteiger partial charge in [0.25, 0.3) is 11.8 Å². The van der Waals surface area contributed by atoms with Crippen molar-refractivity contribution in [2.45, 2.75) is 44.4 Å². The molecule has 0 saturated heterocycles. The Kier molecular flexibility index (Phi) is 8.02. The average Bonchev–Trinajstić information content (AvgIpc) is 2.67. The topological polar surface area (TPSA) is 72.5 Å². The maximum absolute atomic E-state index is 12.1. The highest BCUT2D eigenvalue weighted by atomic mass is 32.2. The lowest BCUT2D eigenvalue weighted by molar-refractivity contribution is -0.147. The fourth-order valence-corrected chi connectivity index (χ4v) is 3.29. The summed E-state index contributed by atoms with van der Waals surface area (Å²) >= 11 is 1.55. The predicted octanol–water partition coefficient (Wildman–Crippen LogP) is 4.27. The van der Waals surface area contributed by atoms with Gasteiger partial charge in [0.15, 0.2) is 6.61 Å². The monoisotopic (exact) mass is 413 g/mol. The van der Waals surface area contributed by atoms with Gasteiger partial charge >= 0.3 is 5.97 Å². The minimum Gasteiger partial charge on any atom is -0.456 e. The number of carbonyl (C=O) groups excluding carboxylic acids is 3. The van der Waals surface area contributed by atoms with Gasteiger partial charge in [-0.05, 0) is 42.2 Å². The van der Waals surface area contributed by atoms with E-state index in [-0.39, 0.29) is 11.8 Å². The molecule has 1 N–H and O–H groups in total.